The van der Waals surface area contributed by atoms with Crippen molar-refractivity contribution in [3.8, 4) is 0 Å². The third-order valence-corrected chi connectivity index (χ3v) is 4.26. The van der Waals surface area contributed by atoms with Gasteiger partial charge in [0.05, 0.1) is 0 Å². The van der Waals surface area contributed by atoms with E-state index in [1.165, 1.54) is 44.9 Å². The molecule has 0 aromatic rings. The highest BCUT2D eigenvalue weighted by molar-refractivity contribution is 4.84. The van der Waals surface area contributed by atoms with Crippen LogP contribution in [0.4, 0.5) is 0 Å². The van der Waals surface area contributed by atoms with Crippen molar-refractivity contribution >= 4 is 0 Å². The van der Waals surface area contributed by atoms with E-state index in [1.807, 2.05) is 0 Å². The first-order chi connectivity index (χ1) is 6.79. The molecule has 2 rings (SSSR count). The Labute approximate surface area is 88.7 Å². The van der Waals surface area contributed by atoms with Crippen molar-refractivity contribution in [2.24, 2.45) is 17.8 Å². The van der Waals surface area contributed by atoms with E-state index in [1.54, 1.807) is 0 Å². The van der Waals surface area contributed by atoms with Gasteiger partial charge in [-0.3, -0.25) is 0 Å². The van der Waals surface area contributed by atoms with Gasteiger partial charge in [-0.1, -0.05) is 26.2 Å². The van der Waals surface area contributed by atoms with Gasteiger partial charge in [-0.15, -0.1) is 0 Å². The molecule has 14 heavy (non-hydrogen) atoms. The molecule has 2 aliphatic rings. The van der Waals surface area contributed by atoms with Gasteiger partial charge in [-0.05, 0) is 50.5 Å². The highest BCUT2D eigenvalue weighted by atomic mass is 14.9. The summed E-state index contributed by atoms with van der Waals surface area (Å²) in [5, 5.41) is 3.55. The lowest BCUT2D eigenvalue weighted by Gasteiger charge is -2.23. The van der Waals surface area contributed by atoms with Crippen LogP contribution in [0.2, 0.25) is 0 Å². The Morgan fingerprint density at radius 2 is 2.00 bits per heavy atom. The molecule has 0 aromatic heterocycles. The molecule has 0 saturated heterocycles. The van der Waals surface area contributed by atoms with E-state index in [0.717, 1.165) is 23.8 Å². The van der Waals surface area contributed by atoms with Crippen LogP contribution in [-0.2, 0) is 0 Å². The van der Waals surface area contributed by atoms with Gasteiger partial charge in [-0.25, -0.2) is 0 Å². The largest absolute Gasteiger partial charge is 0.317 e. The lowest BCUT2D eigenvalue weighted by Crippen LogP contribution is -2.32. The van der Waals surface area contributed by atoms with Gasteiger partial charge in [0.25, 0.3) is 0 Å². The minimum atomic E-state index is 0.820. The molecule has 0 spiro atoms. The average Bonchev–Trinajstić information content (AvgIpc) is 2.90. The highest BCUT2D eigenvalue weighted by Crippen LogP contribution is 2.38. The van der Waals surface area contributed by atoms with Crippen LogP contribution in [0.3, 0.4) is 0 Å². The van der Waals surface area contributed by atoms with E-state index in [9.17, 15) is 0 Å². The van der Waals surface area contributed by atoms with E-state index in [4.69, 9.17) is 0 Å². The molecule has 0 aliphatic heterocycles. The number of hydrogen-bond donors (Lipinski definition) is 1. The standard InChI is InChI=1S/C13H25N/c1-10-3-7-12(9-10)13(14-2)8-6-11-4-5-11/h10-14H,3-9H2,1-2H3. The Morgan fingerprint density at radius 1 is 1.21 bits per heavy atom. The summed E-state index contributed by atoms with van der Waals surface area (Å²) >= 11 is 0. The monoisotopic (exact) mass is 195 g/mol. The normalized spacial score (nSPS) is 34.7. The molecule has 0 bridgehead atoms. The Balaban J connectivity index is 1.73. The van der Waals surface area contributed by atoms with Crippen LogP contribution in [0.25, 0.3) is 0 Å². The van der Waals surface area contributed by atoms with Crippen LogP contribution in [0.5, 0.6) is 0 Å². The summed E-state index contributed by atoms with van der Waals surface area (Å²) in [6, 6.07) is 0.820. The van der Waals surface area contributed by atoms with Crippen molar-refractivity contribution in [2.45, 2.75) is 57.9 Å². The van der Waals surface area contributed by atoms with Crippen molar-refractivity contribution in [3.05, 3.63) is 0 Å². The molecule has 2 fully saturated rings. The minimum Gasteiger partial charge on any atom is -0.317 e. The van der Waals surface area contributed by atoms with Gasteiger partial charge in [0.15, 0.2) is 0 Å². The van der Waals surface area contributed by atoms with Crippen molar-refractivity contribution in [1.29, 1.82) is 0 Å². The number of hydrogen-bond acceptors (Lipinski definition) is 1. The molecule has 0 amide bonds. The molecular formula is C13H25N. The fourth-order valence-corrected chi connectivity index (χ4v) is 3.05. The van der Waals surface area contributed by atoms with Gasteiger partial charge in [0.1, 0.15) is 0 Å². The Kier molecular flexibility index (Phi) is 3.48. The van der Waals surface area contributed by atoms with Crippen molar-refractivity contribution in [2.75, 3.05) is 7.05 Å². The quantitative estimate of drug-likeness (QED) is 0.710. The van der Waals surface area contributed by atoms with E-state index in [0.29, 0.717) is 0 Å². The van der Waals surface area contributed by atoms with Gasteiger partial charge in [-0.2, -0.15) is 0 Å². The summed E-state index contributed by atoms with van der Waals surface area (Å²) < 4.78 is 0. The molecular weight excluding hydrogens is 170 g/mol. The molecule has 0 radical (unpaired) electrons. The van der Waals surface area contributed by atoms with Gasteiger partial charge >= 0.3 is 0 Å². The maximum Gasteiger partial charge on any atom is 0.00925 e. The molecule has 1 N–H and O–H groups in total. The first-order valence-electron chi connectivity index (χ1n) is 6.47. The summed E-state index contributed by atoms with van der Waals surface area (Å²) in [6.45, 7) is 2.41. The van der Waals surface area contributed by atoms with Crippen LogP contribution in [0, 0.1) is 17.8 Å². The number of nitrogens with one attached hydrogen (secondary N) is 1. The molecule has 3 atom stereocenters. The predicted molar refractivity (Wildman–Crippen MR) is 61.3 cm³/mol. The maximum absolute atomic E-state index is 3.55. The topological polar surface area (TPSA) is 12.0 Å². The maximum atomic E-state index is 3.55. The Morgan fingerprint density at radius 3 is 2.50 bits per heavy atom. The minimum absolute atomic E-state index is 0.820. The third-order valence-electron chi connectivity index (χ3n) is 4.26. The molecule has 1 heteroatoms. The SMILES string of the molecule is CNC(CCC1CC1)C1CCC(C)C1. The van der Waals surface area contributed by atoms with Crippen LogP contribution in [0.15, 0.2) is 0 Å². The van der Waals surface area contributed by atoms with E-state index >= 15 is 0 Å². The smallest absolute Gasteiger partial charge is 0.00925 e. The average molecular weight is 195 g/mol. The zero-order valence-corrected chi connectivity index (χ0v) is 9.76. The van der Waals surface area contributed by atoms with Crippen molar-refractivity contribution < 1.29 is 0 Å². The van der Waals surface area contributed by atoms with Gasteiger partial charge < -0.3 is 5.32 Å². The van der Waals surface area contributed by atoms with Crippen LogP contribution in [0.1, 0.15) is 51.9 Å². The van der Waals surface area contributed by atoms with Crippen LogP contribution < -0.4 is 5.32 Å². The Hall–Kier alpha value is -0.0400. The van der Waals surface area contributed by atoms with Gasteiger partial charge in [0, 0.05) is 6.04 Å². The van der Waals surface area contributed by atoms with E-state index in [2.05, 4.69) is 19.3 Å². The fourth-order valence-electron chi connectivity index (χ4n) is 3.05. The second kappa shape index (κ2) is 4.65. The summed E-state index contributed by atoms with van der Waals surface area (Å²) in [5.74, 6) is 3.07. The lowest BCUT2D eigenvalue weighted by molar-refractivity contribution is 0.340. The molecule has 1 nitrogen and oxygen atoms in total. The Bertz CT molecular complexity index is 174. The zero-order chi connectivity index (χ0) is 9.97. The molecule has 2 saturated carbocycles. The summed E-state index contributed by atoms with van der Waals surface area (Å²) in [4.78, 5) is 0. The first kappa shape index (κ1) is 10.5. The predicted octanol–water partition coefficient (Wildman–Crippen LogP) is 3.20. The second-order valence-electron chi connectivity index (χ2n) is 5.59. The molecule has 0 aromatic carbocycles. The fraction of sp³-hybridized carbons (Fsp3) is 1.00. The second-order valence-corrected chi connectivity index (χ2v) is 5.59. The third kappa shape index (κ3) is 2.73. The highest BCUT2D eigenvalue weighted by Gasteiger charge is 2.29. The van der Waals surface area contributed by atoms with Crippen molar-refractivity contribution in [1.82, 2.24) is 5.32 Å². The van der Waals surface area contributed by atoms with E-state index < -0.39 is 0 Å². The summed E-state index contributed by atoms with van der Waals surface area (Å²) in [6.07, 6.45) is 10.3. The molecule has 2 aliphatic carbocycles. The summed E-state index contributed by atoms with van der Waals surface area (Å²) in [7, 11) is 2.15. The van der Waals surface area contributed by atoms with Crippen LogP contribution >= 0.6 is 0 Å². The molecule has 0 heterocycles. The van der Waals surface area contributed by atoms with Crippen molar-refractivity contribution in [3.63, 3.8) is 0 Å². The summed E-state index contributed by atoms with van der Waals surface area (Å²) in [5.41, 5.74) is 0. The van der Waals surface area contributed by atoms with Crippen LogP contribution in [-0.4, -0.2) is 13.1 Å². The molecule has 3 unspecified atom stereocenters. The first-order valence-corrected chi connectivity index (χ1v) is 6.47. The van der Waals surface area contributed by atoms with E-state index in [-0.39, 0.29) is 0 Å². The number of rotatable bonds is 5. The van der Waals surface area contributed by atoms with Gasteiger partial charge in [0.2, 0.25) is 0 Å². The molecule has 82 valence electrons. The zero-order valence-electron chi connectivity index (χ0n) is 9.76. The lowest BCUT2D eigenvalue weighted by atomic mass is 9.92.